The van der Waals surface area contributed by atoms with E-state index in [1.807, 2.05) is 51.1 Å². The van der Waals surface area contributed by atoms with Gasteiger partial charge in [-0.15, -0.1) is 0 Å². The van der Waals surface area contributed by atoms with Crippen LogP contribution in [0.4, 0.5) is 4.79 Å². The first-order chi connectivity index (χ1) is 17.0. The topological polar surface area (TPSA) is 91.2 Å². The van der Waals surface area contributed by atoms with Gasteiger partial charge in [0.25, 0.3) is 0 Å². The Balaban J connectivity index is 1.77. The van der Waals surface area contributed by atoms with Gasteiger partial charge in [-0.1, -0.05) is 44.2 Å². The lowest BCUT2D eigenvalue weighted by Gasteiger charge is -2.39. The van der Waals surface area contributed by atoms with E-state index in [1.54, 1.807) is 4.90 Å². The number of rotatable bonds is 9. The van der Waals surface area contributed by atoms with Gasteiger partial charge in [0, 0.05) is 13.2 Å². The van der Waals surface area contributed by atoms with Gasteiger partial charge in [-0.2, -0.15) is 0 Å². The van der Waals surface area contributed by atoms with Crippen molar-refractivity contribution in [2.75, 3.05) is 39.5 Å². The maximum atomic E-state index is 12.8. The average Bonchev–Trinajstić information content (AvgIpc) is 2.87. The third-order valence-corrected chi connectivity index (χ3v) is 5.85. The van der Waals surface area contributed by atoms with Crippen molar-refractivity contribution >= 4 is 17.9 Å². The molecule has 4 atom stereocenters. The molecule has 1 aromatic rings. The highest BCUT2D eigenvalue weighted by atomic mass is 16.6. The van der Waals surface area contributed by atoms with Crippen molar-refractivity contribution in [3.63, 3.8) is 0 Å². The number of morpholine rings is 1. The second-order valence-electron chi connectivity index (χ2n) is 8.75. The number of ether oxygens (including phenoxy) is 5. The zero-order valence-electron chi connectivity index (χ0n) is 21.5. The summed E-state index contributed by atoms with van der Waals surface area (Å²) in [4.78, 5) is 24.2. The molecule has 0 aliphatic carbocycles. The number of carbonyl (C=O) groups excluding carboxylic acids is 1. The molecular weight excluding hydrogens is 450 g/mol. The van der Waals surface area contributed by atoms with Crippen LogP contribution in [0.15, 0.2) is 40.3 Å². The van der Waals surface area contributed by atoms with E-state index < -0.39 is 18.2 Å². The van der Waals surface area contributed by atoms with Gasteiger partial charge in [-0.3, -0.25) is 0 Å². The molecule has 0 unspecified atom stereocenters. The molecule has 3 rings (SSSR count). The van der Waals surface area contributed by atoms with Crippen molar-refractivity contribution in [2.24, 2.45) is 15.9 Å². The van der Waals surface area contributed by atoms with Crippen LogP contribution in [-0.4, -0.2) is 86.6 Å². The predicted octanol–water partition coefficient (Wildman–Crippen LogP) is 3.71. The molecule has 1 saturated heterocycles. The molecule has 0 N–H and O–H groups in total. The zero-order chi connectivity index (χ0) is 25.2. The van der Waals surface area contributed by atoms with E-state index in [1.165, 1.54) is 0 Å². The summed E-state index contributed by atoms with van der Waals surface area (Å²) in [6, 6.07) is 8.88. The molecule has 1 amide bonds. The fourth-order valence-electron chi connectivity index (χ4n) is 4.17. The second kappa shape index (κ2) is 13.4. The summed E-state index contributed by atoms with van der Waals surface area (Å²) >= 11 is 0. The van der Waals surface area contributed by atoms with Gasteiger partial charge < -0.3 is 28.6 Å². The molecule has 0 spiro atoms. The minimum Gasteiger partial charge on any atom is -0.480 e. The Morgan fingerprint density at radius 1 is 1.03 bits per heavy atom. The summed E-state index contributed by atoms with van der Waals surface area (Å²) in [7, 11) is 0. The summed E-state index contributed by atoms with van der Waals surface area (Å²) < 4.78 is 29.6. The number of carbonyl (C=O) groups is 1. The van der Waals surface area contributed by atoms with Gasteiger partial charge in [0.05, 0.1) is 26.4 Å². The molecule has 9 heteroatoms. The Morgan fingerprint density at radius 2 is 1.69 bits per heavy atom. The van der Waals surface area contributed by atoms with Crippen LogP contribution >= 0.6 is 0 Å². The predicted molar refractivity (Wildman–Crippen MR) is 134 cm³/mol. The normalized spacial score (nSPS) is 23.4. The molecule has 2 aliphatic rings. The standard InChI is InChI=1S/C26H39N3O6/c1-6-31-23(22-25(33-8-3)27-21(18(4)5)24(28-22)32-7-2)20-16-29(14-15-34-20)26(30)35-17-19-12-10-9-11-13-19/h9-13,18,20-23H,6-8,14-17H2,1-5H3/t20-,21-,22+,23-/m1/s1. The number of hydrogen-bond acceptors (Lipinski definition) is 8. The van der Waals surface area contributed by atoms with Crippen molar-refractivity contribution < 1.29 is 28.5 Å². The molecule has 9 nitrogen and oxygen atoms in total. The third kappa shape index (κ3) is 7.18. The SMILES string of the molecule is CCOC1=N[C@H](C(C)C)C(OCC)=N[C@H]1[C@H](OCC)[C@H]1CN(C(=O)OCc2ccccc2)CCO1. The van der Waals surface area contributed by atoms with E-state index in [0.717, 1.165) is 5.56 Å². The van der Waals surface area contributed by atoms with Crippen LogP contribution in [0.25, 0.3) is 0 Å². The number of aliphatic imine (C=N–C) groups is 2. The van der Waals surface area contributed by atoms with E-state index in [-0.39, 0.29) is 24.7 Å². The first kappa shape index (κ1) is 26.9. The highest BCUT2D eigenvalue weighted by Gasteiger charge is 2.42. The van der Waals surface area contributed by atoms with Crippen molar-refractivity contribution in [1.82, 2.24) is 4.90 Å². The minimum atomic E-state index is -0.531. The molecule has 0 saturated carbocycles. The Hall–Kier alpha value is -2.65. The Morgan fingerprint density at radius 3 is 2.31 bits per heavy atom. The van der Waals surface area contributed by atoms with E-state index in [4.69, 9.17) is 33.7 Å². The van der Waals surface area contributed by atoms with Crippen molar-refractivity contribution in [1.29, 1.82) is 0 Å². The molecule has 2 aliphatic heterocycles. The Bertz CT molecular complexity index is 860. The lowest BCUT2D eigenvalue weighted by molar-refractivity contribution is -0.109. The van der Waals surface area contributed by atoms with Gasteiger partial charge in [-0.25, -0.2) is 14.8 Å². The molecule has 1 fully saturated rings. The quantitative estimate of drug-likeness (QED) is 0.525. The Kier molecular flexibility index (Phi) is 10.3. The van der Waals surface area contributed by atoms with Crippen LogP contribution in [0, 0.1) is 5.92 Å². The molecule has 194 valence electrons. The lowest BCUT2D eigenvalue weighted by Crippen LogP contribution is -2.56. The number of nitrogens with zero attached hydrogens (tertiary/aromatic N) is 3. The zero-order valence-corrected chi connectivity index (χ0v) is 21.5. The van der Waals surface area contributed by atoms with E-state index in [9.17, 15) is 4.79 Å². The van der Waals surface area contributed by atoms with Gasteiger partial charge in [0.1, 0.15) is 24.9 Å². The first-order valence-corrected chi connectivity index (χ1v) is 12.6. The van der Waals surface area contributed by atoms with Gasteiger partial charge >= 0.3 is 6.09 Å². The second-order valence-corrected chi connectivity index (χ2v) is 8.75. The lowest BCUT2D eigenvalue weighted by atomic mass is 9.99. The average molecular weight is 490 g/mol. The third-order valence-electron chi connectivity index (χ3n) is 5.85. The largest absolute Gasteiger partial charge is 0.480 e. The van der Waals surface area contributed by atoms with Crippen LogP contribution in [0.2, 0.25) is 0 Å². The van der Waals surface area contributed by atoms with Crippen LogP contribution in [-0.2, 0) is 30.3 Å². The maximum absolute atomic E-state index is 12.8. The highest BCUT2D eigenvalue weighted by Crippen LogP contribution is 2.25. The summed E-state index contributed by atoms with van der Waals surface area (Å²) in [6.45, 7) is 12.7. The van der Waals surface area contributed by atoms with E-state index in [2.05, 4.69) is 13.8 Å². The molecule has 0 aromatic heterocycles. The van der Waals surface area contributed by atoms with Crippen molar-refractivity contribution in [3.05, 3.63) is 35.9 Å². The van der Waals surface area contributed by atoms with Gasteiger partial charge in [0.2, 0.25) is 11.8 Å². The van der Waals surface area contributed by atoms with Crippen LogP contribution in [0.1, 0.15) is 40.2 Å². The number of amides is 1. The first-order valence-electron chi connectivity index (χ1n) is 12.6. The van der Waals surface area contributed by atoms with E-state index in [0.29, 0.717) is 51.3 Å². The van der Waals surface area contributed by atoms with Crippen LogP contribution < -0.4 is 0 Å². The van der Waals surface area contributed by atoms with Gasteiger partial charge in [0.15, 0.2) is 6.04 Å². The summed E-state index contributed by atoms with van der Waals surface area (Å²) in [5.74, 6) is 1.29. The van der Waals surface area contributed by atoms with Gasteiger partial charge in [-0.05, 0) is 32.3 Å². The van der Waals surface area contributed by atoms with Crippen molar-refractivity contribution in [2.45, 2.75) is 65.5 Å². The molecule has 0 radical (unpaired) electrons. The molecule has 0 bridgehead atoms. The molecular formula is C26H39N3O6. The number of hydrogen-bond donors (Lipinski definition) is 0. The fraction of sp³-hybridized carbons (Fsp3) is 0.654. The van der Waals surface area contributed by atoms with Crippen molar-refractivity contribution in [3.8, 4) is 0 Å². The molecule has 35 heavy (non-hydrogen) atoms. The fourth-order valence-corrected chi connectivity index (χ4v) is 4.17. The summed E-state index contributed by atoms with van der Waals surface area (Å²) in [5.41, 5.74) is 0.940. The monoisotopic (exact) mass is 489 g/mol. The maximum Gasteiger partial charge on any atom is 0.410 e. The number of benzene rings is 1. The minimum absolute atomic E-state index is 0.197. The van der Waals surface area contributed by atoms with Crippen LogP contribution in [0.3, 0.4) is 0 Å². The molecule has 2 heterocycles. The van der Waals surface area contributed by atoms with Crippen LogP contribution in [0.5, 0.6) is 0 Å². The Labute approximate surface area is 208 Å². The smallest absolute Gasteiger partial charge is 0.410 e. The highest BCUT2D eigenvalue weighted by molar-refractivity contribution is 5.94. The van der Waals surface area contributed by atoms with E-state index >= 15 is 0 Å². The molecule has 1 aromatic carbocycles. The summed E-state index contributed by atoms with van der Waals surface area (Å²) in [5, 5.41) is 0. The summed E-state index contributed by atoms with van der Waals surface area (Å²) in [6.07, 6.45) is -1.30.